The van der Waals surface area contributed by atoms with Gasteiger partial charge in [0.05, 0.1) is 5.69 Å². The van der Waals surface area contributed by atoms with E-state index < -0.39 is 11.2 Å². The second kappa shape index (κ2) is 5.75. The number of aromatic nitrogens is 3. The Morgan fingerprint density at radius 1 is 1.24 bits per heavy atom. The van der Waals surface area contributed by atoms with Crippen molar-refractivity contribution >= 4 is 0 Å². The van der Waals surface area contributed by atoms with Crippen LogP contribution in [0.2, 0.25) is 0 Å². The summed E-state index contributed by atoms with van der Waals surface area (Å²) in [4.78, 5) is 24.4. The fraction of sp³-hybridized carbons (Fsp3) is 0.333. The van der Waals surface area contributed by atoms with Gasteiger partial charge in [-0.1, -0.05) is 13.0 Å². The quantitative estimate of drug-likeness (QED) is 0.850. The molecule has 1 aromatic heterocycles. The topological polar surface area (TPSA) is 80.7 Å². The molecule has 108 valence electrons. The number of rotatable bonds is 3. The van der Waals surface area contributed by atoms with Gasteiger partial charge in [-0.25, -0.2) is 4.79 Å². The summed E-state index contributed by atoms with van der Waals surface area (Å²) in [5, 5.41) is 12.9. The Bertz CT molecular complexity index is 840. The molecule has 2 rings (SSSR count). The zero-order valence-electron chi connectivity index (χ0n) is 12.3. The summed E-state index contributed by atoms with van der Waals surface area (Å²) < 4.78 is 2.17. The number of hydrogen-bond acceptors (Lipinski definition) is 4. The van der Waals surface area contributed by atoms with Gasteiger partial charge in [0.2, 0.25) is 5.69 Å². The molecule has 0 spiro atoms. The lowest BCUT2D eigenvalue weighted by Gasteiger charge is -2.10. The number of hydrogen-bond donors (Lipinski definition) is 0. The van der Waals surface area contributed by atoms with E-state index in [4.69, 9.17) is 5.26 Å². The molecule has 0 unspecified atom stereocenters. The average Bonchev–Trinajstić information content (AvgIpc) is 2.47. The molecular weight excluding hydrogens is 268 g/mol. The fourth-order valence-electron chi connectivity index (χ4n) is 2.03. The third-order valence-electron chi connectivity index (χ3n) is 3.35. The maximum absolute atomic E-state index is 12.4. The number of nitriles is 1. The van der Waals surface area contributed by atoms with Crippen LogP contribution in [0.25, 0.3) is 5.69 Å². The van der Waals surface area contributed by atoms with E-state index in [0.29, 0.717) is 12.1 Å². The van der Waals surface area contributed by atoms with Crippen molar-refractivity contribution in [2.75, 3.05) is 0 Å². The molecule has 1 heterocycles. The monoisotopic (exact) mass is 284 g/mol. The lowest BCUT2D eigenvalue weighted by Crippen LogP contribution is -2.42. The Morgan fingerprint density at radius 2 is 1.95 bits per heavy atom. The van der Waals surface area contributed by atoms with Crippen molar-refractivity contribution in [3.8, 4) is 11.8 Å². The molecule has 2 aromatic rings. The first-order valence-electron chi connectivity index (χ1n) is 6.71. The fourth-order valence-corrected chi connectivity index (χ4v) is 2.03. The highest BCUT2D eigenvalue weighted by atomic mass is 16.2. The largest absolute Gasteiger partial charge is 0.352 e. The second-order valence-corrected chi connectivity index (χ2v) is 4.88. The Hall–Kier alpha value is -2.68. The van der Waals surface area contributed by atoms with E-state index in [2.05, 4.69) is 5.10 Å². The van der Waals surface area contributed by atoms with Crippen LogP contribution >= 0.6 is 0 Å². The van der Waals surface area contributed by atoms with Crippen molar-refractivity contribution in [3.63, 3.8) is 0 Å². The smallest absolute Gasteiger partial charge is 0.266 e. The van der Waals surface area contributed by atoms with Crippen molar-refractivity contribution in [1.82, 2.24) is 14.3 Å². The molecule has 6 nitrogen and oxygen atoms in total. The van der Waals surface area contributed by atoms with Crippen LogP contribution in [0.5, 0.6) is 0 Å². The summed E-state index contributed by atoms with van der Waals surface area (Å²) in [6.07, 6.45) is 0.622. The van der Waals surface area contributed by atoms with E-state index in [1.54, 1.807) is 12.1 Å². The van der Waals surface area contributed by atoms with E-state index in [-0.39, 0.29) is 12.2 Å². The van der Waals surface area contributed by atoms with Gasteiger partial charge in [0.25, 0.3) is 5.56 Å². The third-order valence-corrected chi connectivity index (χ3v) is 3.35. The minimum absolute atomic E-state index is 0.264. The molecule has 6 heteroatoms. The highest BCUT2D eigenvalue weighted by Crippen LogP contribution is 2.11. The molecule has 0 aliphatic heterocycles. The summed E-state index contributed by atoms with van der Waals surface area (Å²) in [5.41, 5.74) is 1.21. The molecular formula is C15H16N4O2. The predicted molar refractivity (Wildman–Crippen MR) is 78.6 cm³/mol. The van der Waals surface area contributed by atoms with E-state index in [9.17, 15) is 9.59 Å². The van der Waals surface area contributed by atoms with Crippen LogP contribution in [-0.2, 0) is 6.54 Å². The van der Waals surface area contributed by atoms with Crippen molar-refractivity contribution in [2.24, 2.45) is 0 Å². The first-order valence-corrected chi connectivity index (χ1v) is 6.71. The minimum Gasteiger partial charge on any atom is -0.266 e. The van der Waals surface area contributed by atoms with Crippen LogP contribution in [-0.4, -0.2) is 14.3 Å². The predicted octanol–water partition coefficient (Wildman–Crippen LogP) is 1.29. The minimum atomic E-state index is -0.635. The highest BCUT2D eigenvalue weighted by Gasteiger charge is 2.13. The Morgan fingerprint density at radius 3 is 2.52 bits per heavy atom. The van der Waals surface area contributed by atoms with Gasteiger partial charge < -0.3 is 0 Å². The molecule has 0 bridgehead atoms. The van der Waals surface area contributed by atoms with Crippen LogP contribution in [0.3, 0.4) is 0 Å². The van der Waals surface area contributed by atoms with Gasteiger partial charge in [-0.3, -0.25) is 9.36 Å². The van der Waals surface area contributed by atoms with Gasteiger partial charge >= 0.3 is 5.69 Å². The van der Waals surface area contributed by atoms with Crippen LogP contribution in [0, 0.1) is 25.2 Å². The molecule has 0 fully saturated rings. The number of benzene rings is 1. The van der Waals surface area contributed by atoms with E-state index in [0.717, 1.165) is 20.4 Å². The molecule has 1 aromatic carbocycles. The van der Waals surface area contributed by atoms with E-state index in [1.807, 2.05) is 32.9 Å². The average molecular weight is 284 g/mol. The standard InChI is InChI=1S/C15H16N4O2/c1-4-7-18-14(20)13(9-16)17-19(15(18)21)12-6-5-10(2)11(3)8-12/h5-6,8H,4,7H2,1-3H3. The maximum atomic E-state index is 12.4. The maximum Gasteiger partial charge on any atom is 0.352 e. The van der Waals surface area contributed by atoms with Crippen LogP contribution in [0.15, 0.2) is 27.8 Å². The van der Waals surface area contributed by atoms with E-state index >= 15 is 0 Å². The second-order valence-electron chi connectivity index (χ2n) is 4.88. The van der Waals surface area contributed by atoms with Crippen molar-refractivity contribution in [3.05, 3.63) is 55.9 Å². The van der Waals surface area contributed by atoms with Crippen LogP contribution < -0.4 is 11.2 Å². The van der Waals surface area contributed by atoms with E-state index in [1.165, 1.54) is 0 Å². The Kier molecular flexibility index (Phi) is 4.03. The summed E-state index contributed by atoms with van der Waals surface area (Å²) in [6.45, 7) is 6.02. The van der Waals surface area contributed by atoms with Crippen molar-refractivity contribution in [2.45, 2.75) is 33.7 Å². The lowest BCUT2D eigenvalue weighted by molar-refractivity contribution is 0.562. The number of nitrogens with zero attached hydrogens (tertiary/aromatic N) is 4. The normalized spacial score (nSPS) is 10.4. The van der Waals surface area contributed by atoms with Crippen molar-refractivity contribution in [1.29, 1.82) is 5.26 Å². The highest BCUT2D eigenvalue weighted by molar-refractivity contribution is 5.38. The first-order chi connectivity index (χ1) is 9.99. The lowest BCUT2D eigenvalue weighted by atomic mass is 10.1. The SMILES string of the molecule is CCCn1c(=O)c(C#N)nn(-c2ccc(C)c(C)c2)c1=O. The molecule has 0 aliphatic carbocycles. The van der Waals surface area contributed by atoms with Crippen LogP contribution in [0.1, 0.15) is 30.2 Å². The first kappa shape index (κ1) is 14.7. The molecule has 0 saturated heterocycles. The Balaban J connectivity index is 2.77. The zero-order valence-corrected chi connectivity index (χ0v) is 12.3. The summed E-state index contributed by atoms with van der Waals surface area (Å²) in [5.74, 6) is 0. The molecule has 0 radical (unpaired) electrons. The molecule has 0 aliphatic rings. The summed E-state index contributed by atoms with van der Waals surface area (Å²) in [6, 6.07) is 7.19. The Labute approximate surface area is 121 Å². The van der Waals surface area contributed by atoms with Gasteiger partial charge in [-0.2, -0.15) is 9.94 Å². The summed E-state index contributed by atoms with van der Waals surface area (Å²) in [7, 11) is 0. The third kappa shape index (κ3) is 2.63. The van der Waals surface area contributed by atoms with Crippen LogP contribution in [0.4, 0.5) is 0 Å². The van der Waals surface area contributed by atoms with Gasteiger partial charge in [0.1, 0.15) is 6.07 Å². The molecule has 21 heavy (non-hydrogen) atoms. The zero-order chi connectivity index (χ0) is 15.6. The van der Waals surface area contributed by atoms with Gasteiger partial charge in [-0.05, 0) is 43.5 Å². The molecule has 0 amide bonds. The molecule has 0 N–H and O–H groups in total. The molecule has 0 saturated carbocycles. The number of aryl methyl sites for hydroxylation is 2. The van der Waals surface area contributed by atoms with Gasteiger partial charge in [-0.15, -0.1) is 5.10 Å². The van der Waals surface area contributed by atoms with Gasteiger partial charge in [0.15, 0.2) is 0 Å². The summed E-state index contributed by atoms with van der Waals surface area (Å²) >= 11 is 0. The van der Waals surface area contributed by atoms with Crippen molar-refractivity contribution < 1.29 is 0 Å². The molecule has 0 atom stereocenters. The van der Waals surface area contributed by atoms with Gasteiger partial charge in [0, 0.05) is 6.54 Å².